The van der Waals surface area contributed by atoms with E-state index in [0.717, 1.165) is 6.20 Å². The molecule has 2 heterocycles. The maximum atomic E-state index is 11.1. The number of nitrogens with one attached hydrogen (secondary N) is 3. The average molecular weight is 182 g/mol. The van der Waals surface area contributed by atoms with Gasteiger partial charge >= 0.3 is 0 Å². The summed E-state index contributed by atoms with van der Waals surface area (Å²) in [4.78, 5) is 19.7. The first-order chi connectivity index (χ1) is 6.20. The Morgan fingerprint density at radius 3 is 3.00 bits per heavy atom. The lowest BCUT2D eigenvalue weighted by atomic mass is 10.3. The zero-order valence-electron chi connectivity index (χ0n) is 6.37. The molecule has 13 heavy (non-hydrogen) atoms. The maximum Gasteiger partial charge on any atom is 0.274 e. The summed E-state index contributed by atoms with van der Waals surface area (Å²) in [6, 6.07) is 0. The molecule has 0 amide bonds. The molecule has 0 aliphatic heterocycles. The Labute approximate surface area is 71.2 Å². The van der Waals surface area contributed by atoms with Gasteiger partial charge < -0.3 is 15.2 Å². The van der Waals surface area contributed by atoms with Crippen LogP contribution in [0.15, 0.2) is 17.3 Å². The molecule has 0 spiro atoms. The second kappa shape index (κ2) is 2.66. The fraction of sp³-hybridized carbons (Fsp3) is 0. The second-order valence-corrected chi connectivity index (χ2v) is 2.46. The largest absolute Gasteiger partial charge is 0.595 e. The van der Waals surface area contributed by atoms with Crippen molar-refractivity contribution in [1.82, 2.24) is 15.0 Å². The number of rotatable bonds is 1. The molecule has 2 rings (SSSR count). The first-order valence-corrected chi connectivity index (χ1v) is 3.48. The van der Waals surface area contributed by atoms with Gasteiger partial charge in [0.1, 0.15) is 5.52 Å². The van der Waals surface area contributed by atoms with E-state index in [1.54, 1.807) is 0 Å². The zero-order chi connectivity index (χ0) is 9.42. The number of aromatic nitrogens is 3. The molecule has 7 nitrogen and oxygen atoms in total. The van der Waals surface area contributed by atoms with Gasteiger partial charge in [0.25, 0.3) is 5.56 Å². The van der Waals surface area contributed by atoms with Crippen molar-refractivity contribution in [3.8, 4) is 0 Å². The maximum absolute atomic E-state index is 11.1. The molecule has 0 aliphatic carbocycles. The summed E-state index contributed by atoms with van der Waals surface area (Å²) in [6.45, 7) is 0. The molecule has 1 unspecified atom stereocenters. The minimum Gasteiger partial charge on any atom is -0.595 e. The molecule has 0 aromatic carbocycles. The molecule has 2 aromatic rings. The summed E-state index contributed by atoms with van der Waals surface area (Å²) in [5, 5.41) is 18.2. The number of aromatic amines is 2. The van der Waals surface area contributed by atoms with Crippen LogP contribution in [0.4, 0.5) is 5.69 Å². The molecule has 0 fully saturated rings. The van der Waals surface area contributed by atoms with Crippen molar-refractivity contribution in [3.05, 3.63) is 28.1 Å². The molecule has 0 saturated carbocycles. The predicted molar refractivity (Wildman–Crippen MR) is 42.5 cm³/mol. The fourth-order valence-electron chi connectivity index (χ4n) is 1.11. The van der Waals surface area contributed by atoms with Crippen LogP contribution in [-0.4, -0.2) is 20.2 Å². The van der Waals surface area contributed by atoms with E-state index in [-0.39, 0.29) is 22.3 Å². The van der Waals surface area contributed by atoms with E-state index in [9.17, 15) is 10.0 Å². The Kier molecular flexibility index (Phi) is 1.62. The number of imidazole rings is 1. The summed E-state index contributed by atoms with van der Waals surface area (Å²) in [5.74, 6) is 0. The van der Waals surface area contributed by atoms with Gasteiger partial charge in [-0.2, -0.15) is 5.23 Å². The normalized spacial score (nSPS) is 13.4. The van der Waals surface area contributed by atoms with Crippen molar-refractivity contribution in [1.29, 1.82) is 0 Å². The lowest BCUT2D eigenvalue weighted by Crippen LogP contribution is -2.99. The minimum absolute atomic E-state index is 0.0177. The SMILES string of the molecule is O=c1[nH]cc([NH+]([O-])O)c2nc[nH]c12. The van der Waals surface area contributed by atoms with Crippen LogP contribution in [0.3, 0.4) is 0 Å². The van der Waals surface area contributed by atoms with Gasteiger partial charge in [0.2, 0.25) is 5.69 Å². The molecule has 0 aliphatic rings. The van der Waals surface area contributed by atoms with Gasteiger partial charge in [-0.3, -0.25) is 4.79 Å². The molecule has 0 saturated heterocycles. The van der Waals surface area contributed by atoms with Crippen molar-refractivity contribution >= 4 is 16.7 Å². The minimum atomic E-state index is -1.12. The van der Waals surface area contributed by atoms with Crippen molar-refractivity contribution < 1.29 is 10.4 Å². The predicted octanol–water partition coefficient (Wildman–Crippen LogP) is -1.35. The van der Waals surface area contributed by atoms with Gasteiger partial charge in [0.05, 0.1) is 12.5 Å². The smallest absolute Gasteiger partial charge is 0.274 e. The molecule has 7 heteroatoms. The zero-order valence-corrected chi connectivity index (χ0v) is 6.37. The van der Waals surface area contributed by atoms with Gasteiger partial charge in [0.15, 0.2) is 5.52 Å². The number of fused-ring (bicyclic) bond motifs is 1. The summed E-state index contributed by atoms with van der Waals surface area (Å²) in [5.41, 5.74) is -0.0375. The van der Waals surface area contributed by atoms with Gasteiger partial charge in [-0.25, -0.2) is 10.2 Å². The molecular formula is C6H6N4O3. The first kappa shape index (κ1) is 7.92. The second-order valence-electron chi connectivity index (χ2n) is 2.46. The van der Waals surface area contributed by atoms with Crippen LogP contribution in [0.25, 0.3) is 11.0 Å². The number of hydrogen-bond acceptors (Lipinski definition) is 4. The van der Waals surface area contributed by atoms with E-state index in [1.165, 1.54) is 6.33 Å². The van der Waals surface area contributed by atoms with Crippen LogP contribution in [0.1, 0.15) is 0 Å². The highest BCUT2D eigenvalue weighted by atomic mass is 16.8. The molecule has 4 N–H and O–H groups in total. The Morgan fingerprint density at radius 2 is 2.31 bits per heavy atom. The highest BCUT2D eigenvalue weighted by molar-refractivity contribution is 5.82. The third-order valence-corrected chi connectivity index (χ3v) is 1.70. The molecule has 1 atom stereocenters. The standard InChI is InChI=1S/C6H6N4O3/c11-6-5-4(8-2-9-5)3(1-7-6)10(12)13/h1-2,10,12H,(H,7,11)(H,8,9). The van der Waals surface area contributed by atoms with Crippen molar-refractivity contribution in [2.75, 3.05) is 0 Å². The summed E-state index contributed by atoms with van der Waals surface area (Å²) in [6.07, 6.45) is 2.42. The van der Waals surface area contributed by atoms with Gasteiger partial charge in [-0.05, 0) is 0 Å². The van der Waals surface area contributed by atoms with Crippen molar-refractivity contribution in [2.24, 2.45) is 0 Å². The third kappa shape index (κ3) is 1.11. The van der Waals surface area contributed by atoms with E-state index in [4.69, 9.17) is 5.21 Å². The van der Waals surface area contributed by atoms with Crippen molar-refractivity contribution in [2.45, 2.75) is 0 Å². The van der Waals surface area contributed by atoms with E-state index in [2.05, 4.69) is 15.0 Å². The highest BCUT2D eigenvalue weighted by Gasteiger charge is 2.11. The van der Waals surface area contributed by atoms with E-state index < -0.39 is 5.23 Å². The molecule has 0 bridgehead atoms. The number of H-pyrrole nitrogens is 2. The summed E-state index contributed by atoms with van der Waals surface area (Å²) < 4.78 is 0. The van der Waals surface area contributed by atoms with E-state index >= 15 is 0 Å². The van der Waals surface area contributed by atoms with Crippen LogP contribution in [-0.2, 0) is 0 Å². The molecule has 2 aromatic heterocycles. The van der Waals surface area contributed by atoms with Crippen LogP contribution in [0.5, 0.6) is 0 Å². The average Bonchev–Trinajstić information content (AvgIpc) is 2.53. The van der Waals surface area contributed by atoms with Gasteiger partial charge in [0, 0.05) is 0 Å². The van der Waals surface area contributed by atoms with E-state index in [1.807, 2.05) is 0 Å². The van der Waals surface area contributed by atoms with E-state index in [0.29, 0.717) is 0 Å². The van der Waals surface area contributed by atoms with Crippen LogP contribution in [0, 0.1) is 5.21 Å². The lowest BCUT2D eigenvalue weighted by Gasteiger charge is -2.10. The molecule has 0 radical (unpaired) electrons. The number of quaternary nitrogens is 1. The lowest BCUT2D eigenvalue weighted by molar-refractivity contribution is -0.990. The van der Waals surface area contributed by atoms with Crippen LogP contribution >= 0.6 is 0 Å². The van der Waals surface area contributed by atoms with Gasteiger partial charge in [-0.1, -0.05) is 0 Å². The fourth-order valence-corrected chi connectivity index (χ4v) is 1.11. The number of nitrogens with zero attached hydrogens (tertiary/aromatic N) is 1. The molecule has 68 valence electrons. The highest BCUT2D eigenvalue weighted by Crippen LogP contribution is 2.09. The third-order valence-electron chi connectivity index (χ3n) is 1.70. The van der Waals surface area contributed by atoms with Crippen molar-refractivity contribution in [3.63, 3.8) is 0 Å². The Balaban J connectivity index is 2.86. The number of hydrogen-bond donors (Lipinski definition) is 4. The summed E-state index contributed by atoms with van der Waals surface area (Å²) >= 11 is 0. The monoisotopic (exact) mass is 182 g/mol. The Bertz CT molecular complexity index is 486. The quantitative estimate of drug-likeness (QED) is 0.409. The topological polar surface area (TPSA) is 109 Å². The summed E-state index contributed by atoms with van der Waals surface area (Å²) in [7, 11) is 0. The van der Waals surface area contributed by atoms with Crippen LogP contribution < -0.4 is 10.8 Å². The Hall–Kier alpha value is -1.70. The van der Waals surface area contributed by atoms with Crippen LogP contribution in [0.2, 0.25) is 0 Å². The molecular weight excluding hydrogens is 176 g/mol. The Morgan fingerprint density at radius 1 is 1.54 bits per heavy atom. The number of pyridine rings is 1. The van der Waals surface area contributed by atoms with Gasteiger partial charge in [-0.15, -0.1) is 0 Å². The first-order valence-electron chi connectivity index (χ1n) is 3.48.